The summed E-state index contributed by atoms with van der Waals surface area (Å²) in [6, 6.07) is 10.8. The van der Waals surface area contributed by atoms with E-state index in [0.29, 0.717) is 22.6 Å². The number of hydrogen-bond donors (Lipinski definition) is 0. The molecule has 0 saturated heterocycles. The van der Waals surface area contributed by atoms with Crippen LogP contribution < -0.4 is 5.63 Å². The highest BCUT2D eigenvalue weighted by Crippen LogP contribution is 2.20. The number of hydrogen-bond acceptors (Lipinski definition) is 4. The molecule has 0 atom stereocenters. The third-order valence-electron chi connectivity index (χ3n) is 2.55. The molecule has 0 unspecified atom stereocenters. The first-order valence-corrected chi connectivity index (χ1v) is 5.20. The Morgan fingerprint density at radius 1 is 1.18 bits per heavy atom. The molecule has 1 aromatic carbocycles. The maximum Gasteiger partial charge on any atom is 0.345 e. The zero-order valence-electron chi connectivity index (χ0n) is 9.14. The molecule has 0 spiro atoms. The van der Waals surface area contributed by atoms with E-state index in [1.165, 1.54) is 0 Å². The Kier molecular flexibility index (Phi) is 2.08. The van der Waals surface area contributed by atoms with Crippen molar-refractivity contribution >= 4 is 11.0 Å². The standard InChI is InChI=1S/C13H9NO3/c1-8-6-11(14-17-8)10-7-9-4-2-3-5-12(9)16-13(10)15/h2-7H,1H3. The number of nitrogens with zero attached hydrogens (tertiary/aromatic N) is 1. The van der Waals surface area contributed by atoms with E-state index in [0.717, 1.165) is 5.39 Å². The van der Waals surface area contributed by atoms with Gasteiger partial charge >= 0.3 is 5.63 Å². The molecular weight excluding hydrogens is 218 g/mol. The molecule has 0 N–H and O–H groups in total. The van der Waals surface area contributed by atoms with Gasteiger partial charge in [0.25, 0.3) is 0 Å². The molecule has 84 valence electrons. The van der Waals surface area contributed by atoms with Gasteiger partial charge in [-0.3, -0.25) is 0 Å². The van der Waals surface area contributed by atoms with E-state index in [1.807, 2.05) is 18.2 Å². The van der Waals surface area contributed by atoms with Gasteiger partial charge in [0.2, 0.25) is 0 Å². The first kappa shape index (κ1) is 9.84. The third-order valence-corrected chi connectivity index (χ3v) is 2.55. The molecule has 4 heteroatoms. The van der Waals surface area contributed by atoms with Crippen LogP contribution in [0.25, 0.3) is 22.2 Å². The first-order chi connectivity index (χ1) is 8.24. The molecule has 0 aliphatic carbocycles. The van der Waals surface area contributed by atoms with Crippen LogP contribution in [0.3, 0.4) is 0 Å². The third kappa shape index (κ3) is 1.63. The maximum atomic E-state index is 11.8. The topological polar surface area (TPSA) is 56.2 Å². The number of fused-ring (bicyclic) bond motifs is 1. The van der Waals surface area contributed by atoms with Crippen molar-refractivity contribution in [1.82, 2.24) is 5.16 Å². The minimum absolute atomic E-state index is 0.406. The molecule has 0 radical (unpaired) electrons. The summed E-state index contributed by atoms with van der Waals surface area (Å²) in [5.74, 6) is 0.660. The molecule has 3 rings (SSSR count). The van der Waals surface area contributed by atoms with Crippen molar-refractivity contribution in [2.45, 2.75) is 6.92 Å². The number of para-hydroxylation sites is 1. The SMILES string of the molecule is Cc1cc(-c2cc3ccccc3oc2=O)no1. The molecule has 2 heterocycles. The molecule has 3 aromatic rings. The predicted octanol–water partition coefficient (Wildman–Crippen LogP) is 2.76. The zero-order chi connectivity index (χ0) is 11.8. The van der Waals surface area contributed by atoms with E-state index < -0.39 is 5.63 Å². The van der Waals surface area contributed by atoms with Crippen LogP contribution in [0.4, 0.5) is 0 Å². The highest BCUT2D eigenvalue weighted by Gasteiger charge is 2.11. The quantitative estimate of drug-likeness (QED) is 0.600. The van der Waals surface area contributed by atoms with Crippen molar-refractivity contribution < 1.29 is 8.94 Å². The van der Waals surface area contributed by atoms with Gasteiger partial charge in [-0.25, -0.2) is 4.79 Å². The van der Waals surface area contributed by atoms with Crippen LogP contribution in [0, 0.1) is 6.92 Å². The number of aryl methyl sites for hydroxylation is 1. The van der Waals surface area contributed by atoms with E-state index in [-0.39, 0.29) is 0 Å². The van der Waals surface area contributed by atoms with Crippen LogP contribution in [0.1, 0.15) is 5.76 Å². The van der Waals surface area contributed by atoms with Crippen molar-refractivity contribution in [3.8, 4) is 11.3 Å². The van der Waals surface area contributed by atoms with E-state index in [9.17, 15) is 4.79 Å². The summed E-state index contributed by atoms with van der Waals surface area (Å²) in [5.41, 5.74) is 1.08. The normalized spacial score (nSPS) is 10.9. The fourth-order valence-corrected chi connectivity index (χ4v) is 1.73. The van der Waals surface area contributed by atoms with Gasteiger partial charge in [0.15, 0.2) is 0 Å². The summed E-state index contributed by atoms with van der Waals surface area (Å²) in [6.45, 7) is 1.78. The molecule has 0 fully saturated rings. The fraction of sp³-hybridized carbons (Fsp3) is 0.0769. The summed E-state index contributed by atoms with van der Waals surface area (Å²) in [6.07, 6.45) is 0. The predicted molar refractivity (Wildman–Crippen MR) is 62.7 cm³/mol. The van der Waals surface area contributed by atoms with Crippen LogP contribution in [0.5, 0.6) is 0 Å². The Morgan fingerprint density at radius 3 is 2.76 bits per heavy atom. The second kappa shape index (κ2) is 3.59. The molecule has 0 bridgehead atoms. The van der Waals surface area contributed by atoms with Gasteiger partial charge in [0, 0.05) is 11.5 Å². The Labute approximate surface area is 96.5 Å². The maximum absolute atomic E-state index is 11.8. The van der Waals surface area contributed by atoms with Gasteiger partial charge in [0.05, 0.1) is 5.56 Å². The number of benzene rings is 1. The summed E-state index contributed by atoms with van der Waals surface area (Å²) in [4.78, 5) is 11.8. The van der Waals surface area contributed by atoms with E-state index in [2.05, 4.69) is 5.16 Å². The van der Waals surface area contributed by atoms with Gasteiger partial charge in [-0.05, 0) is 19.1 Å². The minimum atomic E-state index is -0.406. The van der Waals surface area contributed by atoms with Crippen LogP contribution in [0.15, 0.2) is 50.1 Å². The zero-order valence-corrected chi connectivity index (χ0v) is 9.14. The Balaban J connectivity index is 2.30. The lowest BCUT2D eigenvalue weighted by Crippen LogP contribution is -2.02. The largest absolute Gasteiger partial charge is 0.422 e. The molecular formula is C13H9NO3. The van der Waals surface area contributed by atoms with Crippen molar-refractivity contribution in [2.75, 3.05) is 0 Å². The number of aromatic nitrogens is 1. The average Bonchev–Trinajstić information content (AvgIpc) is 2.75. The smallest absolute Gasteiger partial charge is 0.345 e. The molecule has 2 aromatic heterocycles. The molecule has 17 heavy (non-hydrogen) atoms. The minimum Gasteiger partial charge on any atom is -0.422 e. The first-order valence-electron chi connectivity index (χ1n) is 5.20. The van der Waals surface area contributed by atoms with Crippen LogP contribution >= 0.6 is 0 Å². The Morgan fingerprint density at radius 2 is 2.00 bits per heavy atom. The van der Waals surface area contributed by atoms with Crippen LogP contribution in [-0.2, 0) is 0 Å². The van der Waals surface area contributed by atoms with Gasteiger partial charge in [-0.1, -0.05) is 23.4 Å². The summed E-state index contributed by atoms with van der Waals surface area (Å²) in [5, 5.41) is 4.68. The Hall–Kier alpha value is -2.36. The van der Waals surface area contributed by atoms with Crippen molar-refractivity contribution in [2.24, 2.45) is 0 Å². The van der Waals surface area contributed by atoms with E-state index in [1.54, 1.807) is 25.1 Å². The monoisotopic (exact) mass is 227 g/mol. The van der Waals surface area contributed by atoms with Gasteiger partial charge in [0.1, 0.15) is 17.0 Å². The number of rotatable bonds is 1. The van der Waals surface area contributed by atoms with Crippen molar-refractivity contribution in [3.05, 3.63) is 52.6 Å². The molecule has 4 nitrogen and oxygen atoms in total. The highest BCUT2D eigenvalue weighted by molar-refractivity contribution is 5.80. The molecule has 0 saturated carbocycles. The van der Waals surface area contributed by atoms with Gasteiger partial charge in [-0.2, -0.15) is 0 Å². The lowest BCUT2D eigenvalue weighted by Gasteiger charge is -1.97. The second-order valence-electron chi connectivity index (χ2n) is 3.81. The molecule has 0 amide bonds. The Bertz CT molecular complexity index is 740. The fourth-order valence-electron chi connectivity index (χ4n) is 1.73. The summed E-state index contributed by atoms with van der Waals surface area (Å²) < 4.78 is 10.2. The lowest BCUT2D eigenvalue weighted by molar-refractivity contribution is 0.399. The van der Waals surface area contributed by atoms with Crippen LogP contribution in [0.2, 0.25) is 0 Å². The van der Waals surface area contributed by atoms with E-state index >= 15 is 0 Å². The van der Waals surface area contributed by atoms with Crippen molar-refractivity contribution in [3.63, 3.8) is 0 Å². The summed E-state index contributed by atoms with van der Waals surface area (Å²) >= 11 is 0. The lowest BCUT2D eigenvalue weighted by atomic mass is 10.1. The molecule has 0 aliphatic rings. The van der Waals surface area contributed by atoms with Gasteiger partial charge in [-0.15, -0.1) is 0 Å². The molecule has 0 aliphatic heterocycles. The summed E-state index contributed by atoms with van der Waals surface area (Å²) in [7, 11) is 0. The highest BCUT2D eigenvalue weighted by atomic mass is 16.5. The van der Waals surface area contributed by atoms with Crippen LogP contribution in [-0.4, -0.2) is 5.16 Å². The second-order valence-corrected chi connectivity index (χ2v) is 3.81. The van der Waals surface area contributed by atoms with E-state index in [4.69, 9.17) is 8.94 Å². The van der Waals surface area contributed by atoms with Crippen molar-refractivity contribution in [1.29, 1.82) is 0 Å². The van der Waals surface area contributed by atoms with Gasteiger partial charge < -0.3 is 8.94 Å². The average molecular weight is 227 g/mol.